The molecule has 0 aliphatic carbocycles. The Labute approximate surface area is 147 Å². The van der Waals surface area contributed by atoms with Gasteiger partial charge in [-0.25, -0.2) is 0 Å². The highest BCUT2D eigenvalue weighted by Crippen LogP contribution is 2.32. The molecule has 0 spiro atoms. The molecule has 1 aliphatic rings. The fraction of sp³-hybridized carbons (Fsp3) is 0.316. The van der Waals surface area contributed by atoms with E-state index in [4.69, 9.17) is 19.9 Å². The van der Waals surface area contributed by atoms with E-state index < -0.39 is 0 Å². The van der Waals surface area contributed by atoms with E-state index in [0.717, 1.165) is 28.4 Å². The molecule has 1 aliphatic heterocycles. The van der Waals surface area contributed by atoms with E-state index in [1.54, 1.807) is 6.92 Å². The van der Waals surface area contributed by atoms with Gasteiger partial charge in [-0.2, -0.15) is 0 Å². The van der Waals surface area contributed by atoms with Gasteiger partial charge in [0, 0.05) is 6.54 Å². The molecule has 0 saturated carbocycles. The molecule has 1 amide bonds. The van der Waals surface area contributed by atoms with Crippen molar-refractivity contribution in [3.63, 3.8) is 0 Å². The van der Waals surface area contributed by atoms with Crippen molar-refractivity contribution in [2.75, 3.05) is 13.8 Å². The molecular formula is C19H22N2O4. The lowest BCUT2D eigenvalue weighted by atomic mass is 10.2. The molecule has 132 valence electrons. The fourth-order valence-corrected chi connectivity index (χ4v) is 2.53. The molecule has 0 radical (unpaired) electrons. The highest BCUT2D eigenvalue weighted by Gasteiger charge is 2.15. The summed E-state index contributed by atoms with van der Waals surface area (Å²) in [5.41, 5.74) is 7.43. The van der Waals surface area contributed by atoms with Gasteiger partial charge in [0.1, 0.15) is 12.4 Å². The van der Waals surface area contributed by atoms with Crippen LogP contribution in [-0.2, 0) is 17.9 Å². The molecule has 0 aromatic heterocycles. The van der Waals surface area contributed by atoms with Gasteiger partial charge in [0.25, 0.3) is 0 Å². The van der Waals surface area contributed by atoms with Gasteiger partial charge in [0.05, 0.1) is 6.04 Å². The number of ether oxygens (including phenoxy) is 3. The number of likely N-dealkylation sites (N-methyl/N-ethyl adjacent to an activating group) is 1. The van der Waals surface area contributed by atoms with Gasteiger partial charge in [-0.3, -0.25) is 9.69 Å². The van der Waals surface area contributed by atoms with Crippen LogP contribution in [0.3, 0.4) is 0 Å². The molecule has 1 heterocycles. The van der Waals surface area contributed by atoms with Crippen LogP contribution < -0.4 is 19.9 Å². The summed E-state index contributed by atoms with van der Waals surface area (Å²) in [5, 5.41) is 0. The minimum atomic E-state index is -0.328. The van der Waals surface area contributed by atoms with Crippen molar-refractivity contribution in [3.8, 4) is 17.2 Å². The summed E-state index contributed by atoms with van der Waals surface area (Å²) in [6, 6.07) is 13.3. The topological polar surface area (TPSA) is 74.0 Å². The number of hydrogen-bond donors (Lipinski definition) is 1. The number of nitrogens with two attached hydrogens (primary N) is 1. The van der Waals surface area contributed by atoms with Crippen LogP contribution in [0.15, 0.2) is 42.5 Å². The number of primary amides is 1. The number of carbonyl (C=O) groups is 1. The van der Waals surface area contributed by atoms with Crippen LogP contribution in [0.2, 0.25) is 0 Å². The number of carbonyl (C=O) groups excluding carboxylic acids is 1. The zero-order valence-electron chi connectivity index (χ0n) is 14.4. The lowest BCUT2D eigenvalue weighted by Gasteiger charge is -2.21. The maximum Gasteiger partial charge on any atom is 0.234 e. The Morgan fingerprint density at radius 1 is 1.16 bits per heavy atom. The van der Waals surface area contributed by atoms with Crippen molar-refractivity contribution in [2.24, 2.45) is 5.73 Å². The first-order chi connectivity index (χ1) is 12.0. The van der Waals surface area contributed by atoms with Crippen LogP contribution in [0.4, 0.5) is 0 Å². The maximum absolute atomic E-state index is 11.2. The van der Waals surface area contributed by atoms with E-state index in [-0.39, 0.29) is 18.7 Å². The van der Waals surface area contributed by atoms with E-state index in [1.807, 2.05) is 54.4 Å². The Bertz CT molecular complexity index is 746. The third-order valence-electron chi connectivity index (χ3n) is 4.27. The zero-order valence-corrected chi connectivity index (χ0v) is 14.4. The van der Waals surface area contributed by atoms with Crippen LogP contribution in [-0.4, -0.2) is 30.7 Å². The van der Waals surface area contributed by atoms with Crippen LogP contribution in [0.25, 0.3) is 0 Å². The predicted molar refractivity (Wildman–Crippen MR) is 93.5 cm³/mol. The van der Waals surface area contributed by atoms with Crippen molar-refractivity contribution in [2.45, 2.75) is 26.1 Å². The third-order valence-corrected chi connectivity index (χ3v) is 4.27. The number of rotatable bonds is 7. The first-order valence-electron chi connectivity index (χ1n) is 8.13. The summed E-state index contributed by atoms with van der Waals surface area (Å²) in [4.78, 5) is 13.1. The second-order valence-corrected chi connectivity index (χ2v) is 6.11. The molecule has 1 atom stereocenters. The minimum absolute atomic E-state index is 0.268. The molecule has 6 heteroatoms. The van der Waals surface area contributed by atoms with Crippen molar-refractivity contribution in [3.05, 3.63) is 53.6 Å². The van der Waals surface area contributed by atoms with Crippen molar-refractivity contribution in [1.29, 1.82) is 0 Å². The minimum Gasteiger partial charge on any atom is -0.489 e. The molecule has 2 N–H and O–H groups in total. The standard InChI is InChI=1S/C19H22N2O4/c1-13(19(20)22)21(2)10-14-3-6-16(7-4-14)23-11-15-5-8-17-18(9-15)25-12-24-17/h3-9,13H,10-12H2,1-2H3,(H2,20,22)/t13-/m0/s1. The van der Waals surface area contributed by atoms with Gasteiger partial charge in [-0.05, 0) is 49.4 Å². The summed E-state index contributed by atoms with van der Waals surface area (Å²) in [5.74, 6) is 1.98. The maximum atomic E-state index is 11.2. The van der Waals surface area contributed by atoms with Gasteiger partial charge >= 0.3 is 0 Å². The van der Waals surface area contributed by atoms with E-state index in [2.05, 4.69) is 0 Å². The van der Waals surface area contributed by atoms with Crippen LogP contribution >= 0.6 is 0 Å². The lowest BCUT2D eigenvalue weighted by Crippen LogP contribution is -2.39. The molecule has 0 saturated heterocycles. The summed E-state index contributed by atoms with van der Waals surface area (Å²) in [6.45, 7) is 3.16. The molecule has 0 fully saturated rings. The molecule has 0 unspecified atom stereocenters. The van der Waals surface area contributed by atoms with Gasteiger partial charge in [-0.1, -0.05) is 18.2 Å². The molecular weight excluding hydrogens is 320 g/mol. The normalized spacial score (nSPS) is 13.7. The summed E-state index contributed by atoms with van der Waals surface area (Å²) >= 11 is 0. The molecule has 3 rings (SSSR count). The number of amides is 1. The van der Waals surface area contributed by atoms with E-state index in [1.165, 1.54) is 0 Å². The highest BCUT2D eigenvalue weighted by atomic mass is 16.7. The molecule has 25 heavy (non-hydrogen) atoms. The average Bonchev–Trinajstić information content (AvgIpc) is 3.08. The Morgan fingerprint density at radius 3 is 2.56 bits per heavy atom. The summed E-state index contributed by atoms with van der Waals surface area (Å²) < 4.78 is 16.5. The second kappa shape index (κ2) is 7.44. The number of nitrogens with zero attached hydrogens (tertiary/aromatic N) is 1. The first kappa shape index (κ1) is 17.1. The van der Waals surface area contributed by atoms with Crippen molar-refractivity contribution >= 4 is 5.91 Å². The van der Waals surface area contributed by atoms with Gasteiger partial charge in [0.15, 0.2) is 11.5 Å². The number of benzene rings is 2. The molecule has 2 aromatic rings. The molecule has 0 bridgehead atoms. The van der Waals surface area contributed by atoms with Crippen LogP contribution in [0.1, 0.15) is 18.1 Å². The molecule has 2 aromatic carbocycles. The van der Waals surface area contributed by atoms with Gasteiger partial charge < -0.3 is 19.9 Å². The number of fused-ring (bicyclic) bond motifs is 1. The Morgan fingerprint density at radius 2 is 1.84 bits per heavy atom. The average molecular weight is 342 g/mol. The Kier molecular flexibility index (Phi) is 5.09. The largest absolute Gasteiger partial charge is 0.489 e. The monoisotopic (exact) mass is 342 g/mol. The van der Waals surface area contributed by atoms with Crippen LogP contribution in [0.5, 0.6) is 17.2 Å². The fourth-order valence-electron chi connectivity index (χ4n) is 2.53. The Balaban J connectivity index is 1.55. The van der Waals surface area contributed by atoms with Gasteiger partial charge in [-0.15, -0.1) is 0 Å². The summed E-state index contributed by atoms with van der Waals surface area (Å²) in [7, 11) is 1.87. The van der Waals surface area contributed by atoms with Crippen molar-refractivity contribution < 1.29 is 19.0 Å². The van der Waals surface area contributed by atoms with E-state index in [0.29, 0.717) is 13.2 Å². The quantitative estimate of drug-likeness (QED) is 0.836. The van der Waals surface area contributed by atoms with Crippen molar-refractivity contribution in [1.82, 2.24) is 4.90 Å². The smallest absolute Gasteiger partial charge is 0.234 e. The third kappa shape index (κ3) is 4.22. The first-order valence-corrected chi connectivity index (χ1v) is 8.13. The lowest BCUT2D eigenvalue weighted by molar-refractivity contribution is -0.122. The second-order valence-electron chi connectivity index (χ2n) is 6.11. The van der Waals surface area contributed by atoms with E-state index in [9.17, 15) is 4.79 Å². The SMILES string of the molecule is C[C@@H](C(N)=O)N(C)Cc1ccc(OCc2ccc3c(c2)OCO3)cc1. The molecule has 6 nitrogen and oxygen atoms in total. The highest BCUT2D eigenvalue weighted by molar-refractivity contribution is 5.79. The Hall–Kier alpha value is -2.73. The predicted octanol–water partition coefficient (Wildman–Crippen LogP) is 2.30. The summed E-state index contributed by atoms with van der Waals surface area (Å²) in [6.07, 6.45) is 0. The van der Waals surface area contributed by atoms with Crippen LogP contribution in [0, 0.1) is 0 Å². The zero-order chi connectivity index (χ0) is 17.8. The van der Waals surface area contributed by atoms with E-state index >= 15 is 0 Å². The van der Waals surface area contributed by atoms with Gasteiger partial charge in [0.2, 0.25) is 12.7 Å². The number of hydrogen-bond acceptors (Lipinski definition) is 5.